The van der Waals surface area contributed by atoms with E-state index in [0.29, 0.717) is 19.8 Å². The number of hydrogen-bond acceptors (Lipinski definition) is 3. The molecule has 0 atom stereocenters. The number of hydrogen-bond donors (Lipinski definition) is 0. The monoisotopic (exact) mass is 202 g/mol. The summed E-state index contributed by atoms with van der Waals surface area (Å²) < 4.78 is 16.8. The lowest BCUT2D eigenvalue weighted by Crippen LogP contribution is -2.46. The summed E-state index contributed by atoms with van der Waals surface area (Å²) in [5.41, 5.74) is 0.248. The molecule has 0 bridgehead atoms. The van der Waals surface area contributed by atoms with Gasteiger partial charge in [-0.3, -0.25) is 0 Å². The van der Waals surface area contributed by atoms with Crippen LogP contribution in [0.4, 0.5) is 0 Å². The van der Waals surface area contributed by atoms with Crippen molar-refractivity contribution in [2.75, 3.05) is 19.8 Å². The van der Waals surface area contributed by atoms with Crippen molar-refractivity contribution in [2.45, 2.75) is 46.5 Å². The number of ether oxygens (including phenoxy) is 3. The van der Waals surface area contributed by atoms with Crippen molar-refractivity contribution in [2.24, 2.45) is 5.41 Å². The van der Waals surface area contributed by atoms with Crippen LogP contribution in [0.1, 0.15) is 40.5 Å². The average Bonchev–Trinajstić information content (AvgIpc) is 2.12. The van der Waals surface area contributed by atoms with Gasteiger partial charge in [0, 0.05) is 19.6 Å². The standard InChI is InChI=1S/C11H22O3/c1-5-12-11(13-6-2)8-7-10(3,4)9-14-11/h5-9H2,1-4H3. The molecule has 3 nitrogen and oxygen atoms in total. The molecule has 0 amide bonds. The van der Waals surface area contributed by atoms with Gasteiger partial charge in [0.1, 0.15) is 0 Å². The first-order chi connectivity index (χ1) is 6.54. The van der Waals surface area contributed by atoms with Crippen molar-refractivity contribution in [3.05, 3.63) is 0 Å². The molecule has 0 aromatic rings. The largest absolute Gasteiger partial charge is 0.328 e. The zero-order valence-electron chi connectivity index (χ0n) is 9.76. The van der Waals surface area contributed by atoms with Gasteiger partial charge in [-0.2, -0.15) is 0 Å². The molecule has 14 heavy (non-hydrogen) atoms. The van der Waals surface area contributed by atoms with Gasteiger partial charge in [-0.25, -0.2) is 0 Å². The molecule has 1 heterocycles. The van der Waals surface area contributed by atoms with Crippen molar-refractivity contribution in [1.82, 2.24) is 0 Å². The van der Waals surface area contributed by atoms with E-state index >= 15 is 0 Å². The minimum Gasteiger partial charge on any atom is -0.328 e. The van der Waals surface area contributed by atoms with E-state index in [9.17, 15) is 0 Å². The van der Waals surface area contributed by atoms with Gasteiger partial charge in [0.05, 0.1) is 6.61 Å². The molecule has 84 valence electrons. The lowest BCUT2D eigenvalue weighted by molar-refractivity contribution is -0.401. The van der Waals surface area contributed by atoms with Crippen LogP contribution in [-0.2, 0) is 14.2 Å². The lowest BCUT2D eigenvalue weighted by atomic mass is 9.86. The van der Waals surface area contributed by atoms with Crippen molar-refractivity contribution in [3.63, 3.8) is 0 Å². The Kier molecular flexibility index (Phi) is 3.93. The Morgan fingerprint density at radius 1 is 1.07 bits per heavy atom. The van der Waals surface area contributed by atoms with Gasteiger partial charge < -0.3 is 14.2 Å². The van der Waals surface area contributed by atoms with Crippen LogP contribution in [0.15, 0.2) is 0 Å². The molecule has 3 heteroatoms. The molecule has 1 aliphatic heterocycles. The van der Waals surface area contributed by atoms with Crippen LogP contribution in [0.25, 0.3) is 0 Å². The predicted molar refractivity (Wildman–Crippen MR) is 55.0 cm³/mol. The van der Waals surface area contributed by atoms with Crippen LogP contribution in [-0.4, -0.2) is 25.8 Å². The van der Waals surface area contributed by atoms with E-state index in [-0.39, 0.29) is 5.41 Å². The maximum Gasteiger partial charge on any atom is 0.282 e. The molecule has 0 spiro atoms. The van der Waals surface area contributed by atoms with Gasteiger partial charge >= 0.3 is 0 Å². The van der Waals surface area contributed by atoms with Crippen molar-refractivity contribution >= 4 is 0 Å². The van der Waals surface area contributed by atoms with E-state index in [1.165, 1.54) is 0 Å². The zero-order chi connectivity index (χ0) is 10.7. The van der Waals surface area contributed by atoms with E-state index in [1.54, 1.807) is 0 Å². The van der Waals surface area contributed by atoms with E-state index < -0.39 is 5.97 Å². The van der Waals surface area contributed by atoms with Gasteiger partial charge in [0.15, 0.2) is 0 Å². The molecule has 0 unspecified atom stereocenters. The highest BCUT2D eigenvalue weighted by molar-refractivity contribution is 4.77. The van der Waals surface area contributed by atoms with Gasteiger partial charge in [-0.1, -0.05) is 13.8 Å². The molecule has 1 fully saturated rings. The fourth-order valence-corrected chi connectivity index (χ4v) is 1.65. The van der Waals surface area contributed by atoms with Crippen molar-refractivity contribution in [3.8, 4) is 0 Å². The molecule has 0 aromatic carbocycles. The first kappa shape index (κ1) is 12.0. The summed E-state index contributed by atoms with van der Waals surface area (Å²) in [6.45, 7) is 10.3. The highest BCUT2D eigenvalue weighted by atomic mass is 16.9. The highest BCUT2D eigenvalue weighted by Crippen LogP contribution is 2.36. The molecule has 1 aliphatic rings. The lowest BCUT2D eigenvalue weighted by Gasteiger charge is -2.42. The second-order valence-corrected chi connectivity index (χ2v) is 4.50. The third kappa shape index (κ3) is 2.94. The van der Waals surface area contributed by atoms with Crippen molar-refractivity contribution in [1.29, 1.82) is 0 Å². The minimum absolute atomic E-state index is 0.248. The van der Waals surface area contributed by atoms with E-state index in [1.807, 2.05) is 13.8 Å². The van der Waals surface area contributed by atoms with E-state index in [0.717, 1.165) is 12.8 Å². The van der Waals surface area contributed by atoms with E-state index in [4.69, 9.17) is 14.2 Å². The molecular weight excluding hydrogens is 180 g/mol. The Balaban J connectivity index is 2.54. The molecule has 0 aromatic heterocycles. The van der Waals surface area contributed by atoms with E-state index in [2.05, 4.69) is 13.8 Å². The molecular formula is C11H22O3. The van der Waals surface area contributed by atoms with Crippen molar-refractivity contribution < 1.29 is 14.2 Å². The minimum atomic E-state index is -0.765. The van der Waals surface area contributed by atoms with Gasteiger partial charge in [-0.15, -0.1) is 0 Å². The quantitative estimate of drug-likeness (QED) is 0.656. The summed E-state index contributed by atoms with van der Waals surface area (Å²) >= 11 is 0. The van der Waals surface area contributed by atoms with Crippen LogP contribution in [0.3, 0.4) is 0 Å². The summed E-state index contributed by atoms with van der Waals surface area (Å²) in [5.74, 6) is -0.765. The summed E-state index contributed by atoms with van der Waals surface area (Å²) in [6.07, 6.45) is 1.90. The molecule has 0 radical (unpaired) electrons. The third-order valence-corrected chi connectivity index (χ3v) is 2.52. The first-order valence-electron chi connectivity index (χ1n) is 5.45. The Bertz CT molecular complexity index is 159. The second kappa shape index (κ2) is 4.60. The van der Waals surface area contributed by atoms with Gasteiger partial charge in [0.2, 0.25) is 0 Å². The second-order valence-electron chi connectivity index (χ2n) is 4.50. The summed E-state index contributed by atoms with van der Waals surface area (Å²) in [7, 11) is 0. The topological polar surface area (TPSA) is 27.7 Å². The average molecular weight is 202 g/mol. The predicted octanol–water partition coefficient (Wildman–Crippen LogP) is 2.55. The molecule has 1 saturated heterocycles. The highest BCUT2D eigenvalue weighted by Gasteiger charge is 2.41. The SMILES string of the molecule is CCOC1(OCC)CCC(C)(C)CO1. The first-order valence-corrected chi connectivity index (χ1v) is 5.45. The molecule has 0 saturated carbocycles. The van der Waals surface area contributed by atoms with Crippen LogP contribution < -0.4 is 0 Å². The summed E-state index contributed by atoms with van der Waals surface area (Å²) in [5, 5.41) is 0. The molecule has 0 aliphatic carbocycles. The maximum atomic E-state index is 5.72. The third-order valence-electron chi connectivity index (χ3n) is 2.52. The van der Waals surface area contributed by atoms with Crippen LogP contribution in [0.2, 0.25) is 0 Å². The molecule has 0 N–H and O–H groups in total. The van der Waals surface area contributed by atoms with Crippen LogP contribution in [0, 0.1) is 5.41 Å². The Labute approximate surface area is 86.7 Å². The van der Waals surface area contributed by atoms with Crippen LogP contribution >= 0.6 is 0 Å². The Hall–Kier alpha value is -0.120. The van der Waals surface area contributed by atoms with Gasteiger partial charge in [0.25, 0.3) is 5.97 Å². The zero-order valence-corrected chi connectivity index (χ0v) is 9.76. The maximum absolute atomic E-state index is 5.72. The summed E-state index contributed by atoms with van der Waals surface area (Å²) in [6, 6.07) is 0. The van der Waals surface area contributed by atoms with Gasteiger partial charge in [-0.05, 0) is 25.7 Å². The summed E-state index contributed by atoms with van der Waals surface area (Å²) in [4.78, 5) is 0. The normalized spacial score (nSPS) is 24.9. The van der Waals surface area contributed by atoms with Crippen LogP contribution in [0.5, 0.6) is 0 Å². The smallest absolute Gasteiger partial charge is 0.282 e. The fraction of sp³-hybridized carbons (Fsp3) is 1.00. The Morgan fingerprint density at radius 3 is 2.00 bits per heavy atom. The fourth-order valence-electron chi connectivity index (χ4n) is 1.65. The molecule has 1 rings (SSSR count). The Morgan fingerprint density at radius 2 is 1.64 bits per heavy atom. The number of rotatable bonds is 4.